The third-order valence-corrected chi connectivity index (χ3v) is 6.79. The zero-order valence-corrected chi connectivity index (χ0v) is 18.3. The highest BCUT2D eigenvalue weighted by Gasteiger charge is 2.48. The van der Waals surface area contributed by atoms with E-state index in [0.29, 0.717) is 11.6 Å². The molecule has 2 aliphatic rings. The minimum Gasteiger partial charge on any atom is -0.491 e. The van der Waals surface area contributed by atoms with Crippen molar-refractivity contribution in [2.45, 2.75) is 22.6 Å². The summed E-state index contributed by atoms with van der Waals surface area (Å²) < 4.78 is 10.5. The number of thioether (sulfide) groups is 1. The van der Waals surface area contributed by atoms with Gasteiger partial charge in [-0.1, -0.05) is 17.7 Å². The first-order chi connectivity index (χ1) is 14.0. The van der Waals surface area contributed by atoms with Crippen molar-refractivity contribution >= 4 is 29.2 Å². The molecule has 1 aromatic heterocycles. The van der Waals surface area contributed by atoms with Gasteiger partial charge < -0.3 is 14.4 Å². The average Bonchev–Trinajstić information content (AvgIpc) is 3.03. The molecule has 1 aromatic carbocycles. The second-order valence-electron chi connectivity index (χ2n) is 7.03. The highest BCUT2D eigenvalue weighted by atomic mass is 35.5. The molecular weight excluding hydrogens is 406 g/mol. The van der Waals surface area contributed by atoms with Crippen molar-refractivity contribution in [2.24, 2.45) is 4.99 Å². The fourth-order valence-corrected chi connectivity index (χ4v) is 5.15. The zero-order valence-electron chi connectivity index (χ0n) is 16.7. The SMILES string of the molecule is COc1cc(C2N=C3C(=CC=CN3C)C2(C)Sc2ccc(Cl)cc2)cnc1OC. The van der Waals surface area contributed by atoms with E-state index in [1.54, 1.807) is 26.0 Å². The van der Waals surface area contributed by atoms with E-state index < -0.39 is 0 Å². The number of allylic oxidation sites excluding steroid dienone is 2. The van der Waals surface area contributed by atoms with Crippen LogP contribution in [0.25, 0.3) is 0 Å². The summed E-state index contributed by atoms with van der Waals surface area (Å²) in [6.07, 6.45) is 8.05. The first-order valence-electron chi connectivity index (χ1n) is 9.18. The van der Waals surface area contributed by atoms with Gasteiger partial charge >= 0.3 is 0 Å². The minimum absolute atomic E-state index is 0.140. The van der Waals surface area contributed by atoms with Crippen LogP contribution in [0.2, 0.25) is 5.02 Å². The van der Waals surface area contributed by atoms with Gasteiger partial charge in [0.05, 0.1) is 25.0 Å². The summed E-state index contributed by atoms with van der Waals surface area (Å²) in [6.45, 7) is 2.23. The minimum atomic E-state index is -0.330. The Bertz CT molecular complexity index is 1020. The molecular formula is C22H22ClN3O2S. The number of rotatable bonds is 5. The summed E-state index contributed by atoms with van der Waals surface area (Å²) in [7, 11) is 5.22. The lowest BCUT2D eigenvalue weighted by Crippen LogP contribution is -2.33. The number of fused-ring (bicyclic) bond motifs is 1. The fourth-order valence-electron chi connectivity index (χ4n) is 3.69. The molecule has 7 heteroatoms. The summed E-state index contributed by atoms with van der Waals surface area (Å²) in [6, 6.07) is 9.74. The van der Waals surface area contributed by atoms with Crippen LogP contribution in [-0.2, 0) is 0 Å². The van der Waals surface area contributed by atoms with Gasteiger partial charge in [0.2, 0.25) is 0 Å². The fraction of sp³-hybridized carbons (Fsp3) is 0.273. The van der Waals surface area contributed by atoms with E-state index in [1.165, 1.54) is 5.57 Å². The first kappa shape index (κ1) is 19.9. The molecule has 0 fully saturated rings. The predicted octanol–water partition coefficient (Wildman–Crippen LogP) is 5.14. The molecule has 3 heterocycles. The lowest BCUT2D eigenvalue weighted by molar-refractivity contribution is 0.342. The highest BCUT2D eigenvalue weighted by molar-refractivity contribution is 8.01. The first-order valence-corrected chi connectivity index (χ1v) is 10.4. The quantitative estimate of drug-likeness (QED) is 0.661. The number of halogens is 1. The molecule has 0 radical (unpaired) electrons. The van der Waals surface area contributed by atoms with Crippen LogP contribution in [0.5, 0.6) is 11.6 Å². The van der Waals surface area contributed by atoms with E-state index in [2.05, 4.69) is 29.0 Å². The van der Waals surface area contributed by atoms with E-state index in [4.69, 9.17) is 26.1 Å². The predicted molar refractivity (Wildman–Crippen MR) is 118 cm³/mol. The van der Waals surface area contributed by atoms with E-state index in [-0.39, 0.29) is 10.8 Å². The van der Waals surface area contributed by atoms with Crippen LogP contribution in [0.3, 0.4) is 0 Å². The normalized spacial score (nSPS) is 22.8. The van der Waals surface area contributed by atoms with Crippen molar-refractivity contribution < 1.29 is 9.47 Å². The maximum atomic E-state index is 6.09. The van der Waals surface area contributed by atoms with Gasteiger partial charge in [0.15, 0.2) is 5.75 Å². The molecule has 0 amide bonds. The van der Waals surface area contributed by atoms with Crippen molar-refractivity contribution in [3.63, 3.8) is 0 Å². The number of hydrogen-bond acceptors (Lipinski definition) is 6. The van der Waals surface area contributed by atoms with Crippen LogP contribution in [0.4, 0.5) is 0 Å². The molecule has 2 unspecified atom stereocenters. The van der Waals surface area contributed by atoms with Crippen LogP contribution in [0.15, 0.2) is 70.3 Å². The number of amidine groups is 1. The molecule has 5 nitrogen and oxygen atoms in total. The van der Waals surface area contributed by atoms with Crippen LogP contribution in [0.1, 0.15) is 18.5 Å². The smallest absolute Gasteiger partial charge is 0.256 e. The summed E-state index contributed by atoms with van der Waals surface area (Å²) in [5, 5.41) is 0.725. The molecule has 0 saturated carbocycles. The van der Waals surface area contributed by atoms with Crippen LogP contribution >= 0.6 is 23.4 Å². The van der Waals surface area contributed by atoms with Crippen molar-refractivity contribution in [1.29, 1.82) is 0 Å². The van der Waals surface area contributed by atoms with Gasteiger partial charge in [-0.3, -0.25) is 4.99 Å². The van der Waals surface area contributed by atoms with Crippen LogP contribution in [-0.4, -0.2) is 41.7 Å². The van der Waals surface area contributed by atoms with E-state index in [9.17, 15) is 0 Å². The molecule has 0 saturated heterocycles. The van der Waals surface area contributed by atoms with E-state index >= 15 is 0 Å². The topological polar surface area (TPSA) is 47.0 Å². The number of likely N-dealkylation sites (N-methyl/N-ethyl adjacent to an activating group) is 1. The van der Waals surface area contributed by atoms with Gasteiger partial charge in [0, 0.05) is 40.5 Å². The van der Waals surface area contributed by atoms with E-state index in [0.717, 1.165) is 21.3 Å². The van der Waals surface area contributed by atoms with Gasteiger partial charge in [0.25, 0.3) is 5.88 Å². The Hall–Kier alpha value is -2.44. The van der Waals surface area contributed by atoms with Gasteiger partial charge in [0.1, 0.15) is 5.84 Å². The monoisotopic (exact) mass is 427 g/mol. The van der Waals surface area contributed by atoms with Gasteiger partial charge in [-0.25, -0.2) is 4.98 Å². The number of pyridine rings is 1. The Labute approximate surface area is 180 Å². The van der Waals surface area contributed by atoms with Gasteiger partial charge in [-0.15, -0.1) is 11.8 Å². The largest absolute Gasteiger partial charge is 0.491 e. The third kappa shape index (κ3) is 3.51. The van der Waals surface area contributed by atoms with E-state index in [1.807, 2.05) is 49.8 Å². The molecule has 150 valence electrons. The number of hydrogen-bond donors (Lipinski definition) is 0. The maximum Gasteiger partial charge on any atom is 0.256 e. The Morgan fingerprint density at radius 1 is 1.17 bits per heavy atom. The number of nitrogens with zero attached hydrogens (tertiary/aromatic N) is 3. The van der Waals surface area contributed by atoms with Gasteiger partial charge in [-0.05, 0) is 43.3 Å². The zero-order chi connectivity index (χ0) is 20.6. The second kappa shape index (κ2) is 7.76. The number of aliphatic imine (C=N–C) groups is 1. The number of aromatic nitrogens is 1. The molecule has 4 rings (SSSR count). The van der Waals surface area contributed by atoms with Crippen molar-refractivity contribution in [1.82, 2.24) is 9.88 Å². The molecule has 29 heavy (non-hydrogen) atoms. The lowest BCUT2D eigenvalue weighted by atomic mass is 9.90. The average molecular weight is 428 g/mol. The molecule has 0 bridgehead atoms. The Balaban J connectivity index is 1.80. The molecule has 0 N–H and O–H groups in total. The van der Waals surface area contributed by atoms with Gasteiger partial charge in [-0.2, -0.15) is 0 Å². The van der Waals surface area contributed by atoms with Crippen LogP contribution in [0, 0.1) is 0 Å². The number of methoxy groups -OCH3 is 2. The second-order valence-corrected chi connectivity index (χ2v) is 8.99. The Morgan fingerprint density at radius 3 is 2.62 bits per heavy atom. The molecule has 2 atom stereocenters. The summed E-state index contributed by atoms with van der Waals surface area (Å²) in [5.74, 6) is 2.03. The number of ether oxygens (including phenoxy) is 2. The standard InChI is InChI=1S/C22H22ClN3O2S/c1-22(29-16-9-7-15(23)8-10-16)17-6-5-11-26(2)20(17)25-19(22)14-12-18(27-3)21(28-4)24-13-14/h5-13,19H,1-4H3. The maximum absolute atomic E-state index is 6.09. The lowest BCUT2D eigenvalue weighted by Gasteiger charge is -2.33. The Morgan fingerprint density at radius 2 is 1.93 bits per heavy atom. The summed E-state index contributed by atoms with van der Waals surface area (Å²) in [5.41, 5.74) is 2.16. The van der Waals surface area contributed by atoms with Crippen molar-refractivity contribution in [3.05, 3.63) is 71.0 Å². The molecule has 0 spiro atoms. The third-order valence-electron chi connectivity index (χ3n) is 5.17. The molecule has 2 aromatic rings. The molecule has 2 aliphatic heterocycles. The van der Waals surface area contributed by atoms with Crippen LogP contribution < -0.4 is 9.47 Å². The van der Waals surface area contributed by atoms with Crippen molar-refractivity contribution in [2.75, 3.05) is 21.3 Å². The Kier molecular flexibility index (Phi) is 5.32. The summed E-state index contributed by atoms with van der Waals surface area (Å²) in [4.78, 5) is 12.7. The molecule has 0 aliphatic carbocycles. The highest BCUT2D eigenvalue weighted by Crippen LogP contribution is 2.54. The number of benzene rings is 1. The van der Waals surface area contributed by atoms with Crippen molar-refractivity contribution in [3.8, 4) is 11.6 Å². The summed E-state index contributed by atoms with van der Waals surface area (Å²) >= 11 is 7.86.